The molecule has 2 fully saturated rings. The summed E-state index contributed by atoms with van der Waals surface area (Å²) in [6, 6.07) is 7.37. The standard InChI is InChI=1S/C18H24N2O/c21-18(15-7-6-13-3-1-4-14(13)11-15)20(17-8-9-17)12-16-5-2-10-19-16/h6-7,11,16-17,19H,1-5,8-10,12H2. The van der Waals surface area contributed by atoms with Crippen LogP contribution in [0.5, 0.6) is 0 Å². The number of nitrogens with zero attached hydrogens (tertiary/aromatic N) is 1. The van der Waals surface area contributed by atoms with E-state index in [-0.39, 0.29) is 5.91 Å². The minimum absolute atomic E-state index is 0.251. The first-order valence-corrected chi connectivity index (χ1v) is 8.47. The van der Waals surface area contributed by atoms with Gasteiger partial charge in [0.25, 0.3) is 5.91 Å². The molecule has 1 aromatic rings. The Morgan fingerprint density at radius 1 is 1.14 bits per heavy atom. The van der Waals surface area contributed by atoms with Crippen LogP contribution >= 0.6 is 0 Å². The van der Waals surface area contributed by atoms with Crippen molar-refractivity contribution < 1.29 is 4.79 Å². The van der Waals surface area contributed by atoms with Gasteiger partial charge in [0.05, 0.1) is 0 Å². The highest BCUT2D eigenvalue weighted by Crippen LogP contribution is 2.30. The smallest absolute Gasteiger partial charge is 0.254 e. The van der Waals surface area contributed by atoms with Crippen LogP contribution in [0, 0.1) is 0 Å². The summed E-state index contributed by atoms with van der Waals surface area (Å²) in [5.41, 5.74) is 3.75. The van der Waals surface area contributed by atoms with Crippen LogP contribution in [0.2, 0.25) is 0 Å². The lowest BCUT2D eigenvalue weighted by Gasteiger charge is -2.26. The lowest BCUT2D eigenvalue weighted by atomic mass is 10.1. The molecule has 1 atom stereocenters. The molecule has 3 aliphatic rings. The van der Waals surface area contributed by atoms with E-state index in [1.807, 2.05) is 6.07 Å². The number of amides is 1. The van der Waals surface area contributed by atoms with Gasteiger partial charge >= 0.3 is 0 Å². The first-order chi connectivity index (χ1) is 10.3. The highest BCUT2D eigenvalue weighted by Gasteiger charge is 2.35. The summed E-state index contributed by atoms with van der Waals surface area (Å²) in [5.74, 6) is 0.251. The van der Waals surface area contributed by atoms with Gasteiger partial charge in [0, 0.05) is 24.2 Å². The topological polar surface area (TPSA) is 32.3 Å². The molecule has 0 bridgehead atoms. The van der Waals surface area contributed by atoms with Gasteiger partial charge in [-0.3, -0.25) is 4.79 Å². The molecule has 1 amide bonds. The summed E-state index contributed by atoms with van der Waals surface area (Å²) in [7, 11) is 0. The second kappa shape index (κ2) is 5.45. The highest BCUT2D eigenvalue weighted by molar-refractivity contribution is 5.95. The fourth-order valence-electron chi connectivity index (χ4n) is 3.80. The van der Waals surface area contributed by atoms with Crippen molar-refractivity contribution in [3.8, 4) is 0 Å². The van der Waals surface area contributed by atoms with Crippen molar-refractivity contribution >= 4 is 5.91 Å². The summed E-state index contributed by atoms with van der Waals surface area (Å²) in [6.07, 6.45) is 8.39. The summed E-state index contributed by atoms with van der Waals surface area (Å²) in [4.78, 5) is 15.1. The van der Waals surface area contributed by atoms with Crippen molar-refractivity contribution in [2.24, 2.45) is 0 Å². The Labute approximate surface area is 126 Å². The van der Waals surface area contributed by atoms with Gasteiger partial charge in [-0.1, -0.05) is 6.07 Å². The lowest BCUT2D eigenvalue weighted by molar-refractivity contribution is 0.0728. The minimum atomic E-state index is 0.251. The Morgan fingerprint density at radius 3 is 2.76 bits per heavy atom. The van der Waals surface area contributed by atoms with Gasteiger partial charge in [-0.25, -0.2) is 0 Å². The zero-order chi connectivity index (χ0) is 14.2. The van der Waals surface area contributed by atoms with Crippen LogP contribution in [0.15, 0.2) is 18.2 Å². The Balaban J connectivity index is 1.53. The molecule has 1 saturated carbocycles. The van der Waals surface area contributed by atoms with Crippen molar-refractivity contribution in [1.82, 2.24) is 10.2 Å². The monoisotopic (exact) mass is 284 g/mol. The molecule has 1 aromatic carbocycles. The van der Waals surface area contributed by atoms with Gasteiger partial charge in [-0.05, 0) is 74.8 Å². The van der Waals surface area contributed by atoms with Crippen molar-refractivity contribution in [2.45, 2.75) is 57.0 Å². The van der Waals surface area contributed by atoms with Crippen LogP contribution < -0.4 is 5.32 Å². The van der Waals surface area contributed by atoms with Crippen LogP contribution in [0.3, 0.4) is 0 Å². The van der Waals surface area contributed by atoms with Crippen molar-refractivity contribution in [3.05, 3.63) is 34.9 Å². The quantitative estimate of drug-likeness (QED) is 0.921. The first-order valence-electron chi connectivity index (χ1n) is 8.47. The first kappa shape index (κ1) is 13.3. The molecule has 1 aliphatic heterocycles. The van der Waals surface area contributed by atoms with E-state index in [0.29, 0.717) is 12.1 Å². The van der Waals surface area contributed by atoms with Gasteiger partial charge in [-0.15, -0.1) is 0 Å². The van der Waals surface area contributed by atoms with E-state index in [9.17, 15) is 4.79 Å². The largest absolute Gasteiger partial charge is 0.334 e. The van der Waals surface area contributed by atoms with E-state index >= 15 is 0 Å². The van der Waals surface area contributed by atoms with Crippen molar-refractivity contribution in [1.29, 1.82) is 0 Å². The van der Waals surface area contributed by atoms with Crippen molar-refractivity contribution in [2.75, 3.05) is 13.1 Å². The van der Waals surface area contributed by atoms with Gasteiger partial charge in [-0.2, -0.15) is 0 Å². The Morgan fingerprint density at radius 2 is 2.00 bits per heavy atom. The predicted octanol–water partition coefficient (Wildman–Crippen LogP) is 2.53. The normalized spacial score (nSPS) is 24.1. The molecule has 0 spiro atoms. The highest BCUT2D eigenvalue weighted by atomic mass is 16.2. The van der Waals surface area contributed by atoms with Crippen LogP contribution in [0.4, 0.5) is 0 Å². The molecular weight excluding hydrogens is 260 g/mol. The van der Waals surface area contributed by atoms with Gasteiger partial charge in [0.1, 0.15) is 0 Å². The third kappa shape index (κ3) is 2.71. The third-order valence-electron chi connectivity index (χ3n) is 5.17. The van der Waals surface area contributed by atoms with E-state index in [1.54, 1.807) is 0 Å². The third-order valence-corrected chi connectivity index (χ3v) is 5.17. The van der Waals surface area contributed by atoms with Gasteiger partial charge in [0.15, 0.2) is 0 Å². The van der Waals surface area contributed by atoms with E-state index in [0.717, 1.165) is 25.1 Å². The molecule has 21 heavy (non-hydrogen) atoms. The molecule has 1 heterocycles. The van der Waals surface area contributed by atoms with Gasteiger partial charge < -0.3 is 10.2 Å². The molecule has 3 heteroatoms. The zero-order valence-electron chi connectivity index (χ0n) is 12.6. The molecule has 112 valence electrons. The Kier molecular flexibility index (Phi) is 3.46. The van der Waals surface area contributed by atoms with E-state index in [4.69, 9.17) is 0 Å². The van der Waals surface area contributed by atoms with E-state index < -0.39 is 0 Å². The SMILES string of the molecule is O=C(c1ccc2c(c1)CCC2)N(CC1CCCN1)C1CC1. The van der Waals surface area contributed by atoms with Crippen LogP contribution in [0.1, 0.15) is 53.6 Å². The van der Waals surface area contributed by atoms with Crippen LogP contribution in [0.25, 0.3) is 0 Å². The molecule has 2 aliphatic carbocycles. The molecule has 1 unspecified atom stereocenters. The number of nitrogens with one attached hydrogen (secondary N) is 1. The van der Waals surface area contributed by atoms with Crippen LogP contribution in [-0.2, 0) is 12.8 Å². The number of benzene rings is 1. The summed E-state index contributed by atoms with van der Waals surface area (Å²) >= 11 is 0. The molecule has 0 aromatic heterocycles. The van der Waals surface area contributed by atoms with E-state index in [1.165, 1.54) is 49.7 Å². The maximum atomic E-state index is 12.9. The molecule has 1 saturated heterocycles. The van der Waals surface area contributed by atoms with E-state index in [2.05, 4.69) is 22.3 Å². The second-order valence-corrected chi connectivity index (χ2v) is 6.82. The number of rotatable bonds is 4. The average molecular weight is 284 g/mol. The summed E-state index contributed by atoms with van der Waals surface area (Å²) in [6.45, 7) is 2.00. The molecule has 1 N–H and O–H groups in total. The molecular formula is C18H24N2O. The Hall–Kier alpha value is -1.35. The average Bonchev–Trinajstić information content (AvgIpc) is 3.02. The molecule has 3 nitrogen and oxygen atoms in total. The number of carbonyl (C=O) groups is 1. The number of carbonyl (C=O) groups excluding carboxylic acids is 1. The fourth-order valence-corrected chi connectivity index (χ4v) is 3.80. The predicted molar refractivity (Wildman–Crippen MR) is 83.6 cm³/mol. The maximum absolute atomic E-state index is 12.9. The minimum Gasteiger partial charge on any atom is -0.334 e. The Bertz CT molecular complexity index is 544. The number of hydrogen-bond donors (Lipinski definition) is 1. The number of hydrogen-bond acceptors (Lipinski definition) is 2. The number of aryl methyl sites for hydroxylation is 2. The summed E-state index contributed by atoms with van der Waals surface area (Å²) < 4.78 is 0. The number of fused-ring (bicyclic) bond motifs is 1. The summed E-state index contributed by atoms with van der Waals surface area (Å²) in [5, 5.41) is 3.52. The fraction of sp³-hybridized carbons (Fsp3) is 0.611. The zero-order valence-corrected chi connectivity index (χ0v) is 12.6. The molecule has 4 rings (SSSR count). The molecule has 0 radical (unpaired) electrons. The van der Waals surface area contributed by atoms with Crippen molar-refractivity contribution in [3.63, 3.8) is 0 Å². The van der Waals surface area contributed by atoms with Gasteiger partial charge in [0.2, 0.25) is 0 Å². The van der Waals surface area contributed by atoms with Crippen LogP contribution in [-0.4, -0.2) is 36.0 Å². The second-order valence-electron chi connectivity index (χ2n) is 6.82. The maximum Gasteiger partial charge on any atom is 0.254 e. The lowest BCUT2D eigenvalue weighted by Crippen LogP contribution is -2.42.